The first kappa shape index (κ1) is 18.1. The summed E-state index contributed by atoms with van der Waals surface area (Å²) in [5, 5.41) is 39.9. The molecule has 0 saturated carbocycles. The first-order valence-corrected chi connectivity index (χ1v) is 8.63. The molecule has 25 heavy (non-hydrogen) atoms. The molecule has 0 bridgehead atoms. The van der Waals surface area contributed by atoms with Crippen LogP contribution in [0.15, 0.2) is 9.95 Å². The summed E-state index contributed by atoms with van der Waals surface area (Å²) in [4.78, 5) is 20.7. The number of rotatable bonds is 3. The third-order valence-corrected chi connectivity index (χ3v) is 4.94. The normalized spacial score (nSPS) is 30.1. The van der Waals surface area contributed by atoms with Crippen LogP contribution in [0.5, 0.6) is 0 Å². The van der Waals surface area contributed by atoms with Gasteiger partial charge in [-0.2, -0.15) is 0 Å². The number of nitrogens with two attached hydrogens (primary N) is 1. The Morgan fingerprint density at radius 3 is 2.52 bits per heavy atom. The van der Waals surface area contributed by atoms with E-state index in [4.69, 9.17) is 10.5 Å². The predicted molar refractivity (Wildman–Crippen MR) is 88.0 cm³/mol. The number of imidazole rings is 1. The Morgan fingerprint density at radius 1 is 1.24 bits per heavy atom. The summed E-state index contributed by atoms with van der Waals surface area (Å²) in [6.07, 6.45) is -5.32. The number of nitrogen functional groups attached to an aromatic ring is 1. The molecule has 1 aliphatic heterocycles. The summed E-state index contributed by atoms with van der Waals surface area (Å²) in [5.74, 6) is -0.151. The molecule has 2 aromatic rings. The van der Waals surface area contributed by atoms with E-state index >= 15 is 0 Å². The number of anilines is 1. The number of hydrogen-bond donors (Lipinski definition) is 5. The first-order valence-electron chi connectivity index (χ1n) is 7.40. The van der Waals surface area contributed by atoms with Crippen LogP contribution in [-0.2, 0) is 11.8 Å². The van der Waals surface area contributed by atoms with Gasteiger partial charge in [-0.3, -0.25) is 13.9 Å². The lowest BCUT2D eigenvalue weighted by atomic mass is 9.98. The van der Waals surface area contributed by atoms with E-state index in [2.05, 4.69) is 9.97 Å². The van der Waals surface area contributed by atoms with Crippen LogP contribution < -0.4 is 11.3 Å². The maximum absolute atomic E-state index is 12.4. The van der Waals surface area contributed by atoms with Gasteiger partial charge in [0.2, 0.25) is 5.95 Å². The molecule has 0 radical (unpaired) electrons. The molecule has 11 nitrogen and oxygen atoms in total. The quantitative estimate of drug-likeness (QED) is 0.284. The van der Waals surface area contributed by atoms with Crippen LogP contribution in [0.25, 0.3) is 11.2 Å². The number of hydrogen-bond acceptors (Lipinski definition) is 10. The third-order valence-electron chi connectivity index (χ3n) is 4.21. The van der Waals surface area contributed by atoms with Crippen molar-refractivity contribution in [3.63, 3.8) is 0 Å². The van der Waals surface area contributed by atoms with Crippen LogP contribution in [0.2, 0.25) is 0 Å². The number of aromatic nitrogens is 4. The van der Waals surface area contributed by atoms with Crippen LogP contribution in [0.4, 0.5) is 5.95 Å². The lowest BCUT2D eigenvalue weighted by Crippen LogP contribution is -2.56. The van der Waals surface area contributed by atoms with Gasteiger partial charge in [0.1, 0.15) is 24.4 Å². The van der Waals surface area contributed by atoms with Gasteiger partial charge in [0.25, 0.3) is 5.56 Å². The highest BCUT2D eigenvalue weighted by Crippen LogP contribution is 2.32. The Kier molecular flexibility index (Phi) is 4.74. The zero-order valence-electron chi connectivity index (χ0n) is 13.5. The molecule has 0 spiro atoms. The van der Waals surface area contributed by atoms with Crippen molar-refractivity contribution in [3.8, 4) is 0 Å². The Balaban J connectivity index is 2.19. The highest BCUT2D eigenvalue weighted by molar-refractivity contribution is 7.98. The molecule has 0 unspecified atom stereocenters. The molecule has 138 valence electrons. The van der Waals surface area contributed by atoms with Crippen LogP contribution in [0.3, 0.4) is 0 Å². The second-order valence-electron chi connectivity index (χ2n) is 5.69. The van der Waals surface area contributed by atoms with Gasteiger partial charge in [-0.1, -0.05) is 11.8 Å². The minimum atomic E-state index is -1.58. The van der Waals surface area contributed by atoms with E-state index in [1.54, 1.807) is 13.3 Å². The van der Waals surface area contributed by atoms with Gasteiger partial charge in [-0.05, 0) is 6.26 Å². The molecule has 1 fully saturated rings. The molecule has 12 heteroatoms. The minimum Gasteiger partial charge on any atom is -0.394 e. The van der Waals surface area contributed by atoms with Crippen molar-refractivity contribution < 1.29 is 25.2 Å². The topological polar surface area (TPSA) is 169 Å². The van der Waals surface area contributed by atoms with Gasteiger partial charge in [0.05, 0.1) is 6.61 Å². The molecule has 2 aromatic heterocycles. The summed E-state index contributed by atoms with van der Waals surface area (Å²) >= 11 is 1.23. The number of aliphatic hydroxyl groups is 4. The van der Waals surface area contributed by atoms with E-state index in [0.29, 0.717) is 5.16 Å². The number of aliphatic hydroxyl groups excluding tert-OH is 4. The van der Waals surface area contributed by atoms with Gasteiger partial charge in [0.15, 0.2) is 22.5 Å². The maximum atomic E-state index is 12.4. The van der Waals surface area contributed by atoms with Crippen molar-refractivity contribution in [2.24, 2.45) is 7.05 Å². The van der Waals surface area contributed by atoms with Gasteiger partial charge in [-0.25, -0.2) is 9.97 Å². The molecule has 0 aromatic carbocycles. The van der Waals surface area contributed by atoms with Crippen LogP contribution >= 0.6 is 11.8 Å². The fourth-order valence-corrected chi connectivity index (χ4v) is 3.37. The molecule has 0 aliphatic carbocycles. The zero-order valence-corrected chi connectivity index (χ0v) is 14.3. The maximum Gasteiger partial charge on any atom is 0.282 e. The summed E-state index contributed by atoms with van der Waals surface area (Å²) in [6.45, 7) is -0.584. The van der Waals surface area contributed by atoms with Crippen LogP contribution in [0.1, 0.15) is 6.23 Å². The summed E-state index contributed by atoms with van der Waals surface area (Å²) in [6, 6.07) is 0. The van der Waals surface area contributed by atoms with Crippen molar-refractivity contribution >= 4 is 28.9 Å². The van der Waals surface area contributed by atoms with Crippen molar-refractivity contribution in [2.45, 2.75) is 35.8 Å². The molecule has 5 atom stereocenters. The summed E-state index contributed by atoms with van der Waals surface area (Å²) in [7, 11) is 1.55. The Morgan fingerprint density at radius 2 is 1.92 bits per heavy atom. The van der Waals surface area contributed by atoms with E-state index in [1.807, 2.05) is 0 Å². The third kappa shape index (κ3) is 2.70. The number of nitrogens with zero attached hydrogens (tertiary/aromatic N) is 4. The molecular weight excluding hydrogens is 354 g/mol. The molecule has 3 rings (SSSR count). The Bertz CT molecular complexity index is 852. The van der Waals surface area contributed by atoms with Crippen LogP contribution in [0, 0.1) is 0 Å². The molecule has 3 heterocycles. The van der Waals surface area contributed by atoms with E-state index in [9.17, 15) is 25.2 Å². The highest BCUT2D eigenvalue weighted by atomic mass is 32.2. The zero-order chi connectivity index (χ0) is 18.5. The predicted octanol–water partition coefficient (Wildman–Crippen LogP) is -2.59. The van der Waals surface area contributed by atoms with Gasteiger partial charge in [-0.15, -0.1) is 0 Å². The second kappa shape index (κ2) is 6.55. The monoisotopic (exact) mass is 373 g/mol. The molecule has 1 aliphatic rings. The largest absolute Gasteiger partial charge is 0.394 e. The first-order chi connectivity index (χ1) is 11.8. The van der Waals surface area contributed by atoms with Crippen LogP contribution in [-0.4, -0.2) is 76.8 Å². The average Bonchev–Trinajstić information content (AvgIpc) is 2.92. The van der Waals surface area contributed by atoms with E-state index in [1.165, 1.54) is 20.9 Å². The van der Waals surface area contributed by atoms with Crippen molar-refractivity contribution in [2.75, 3.05) is 18.6 Å². The second-order valence-corrected chi connectivity index (χ2v) is 6.47. The van der Waals surface area contributed by atoms with E-state index in [-0.39, 0.29) is 17.1 Å². The van der Waals surface area contributed by atoms with E-state index in [0.717, 1.165) is 0 Å². The van der Waals surface area contributed by atoms with Gasteiger partial charge in [0, 0.05) is 7.05 Å². The lowest BCUT2D eigenvalue weighted by molar-refractivity contribution is -0.250. The Labute approximate surface area is 145 Å². The molecular formula is C13H19N5O6S. The van der Waals surface area contributed by atoms with Crippen molar-refractivity contribution in [3.05, 3.63) is 10.4 Å². The SMILES string of the molecule is CSc1nc2c(nc(N)n2[C@H]2O[C@@H](CO)[C@@H](O)[C@@H](O)[C@H]2O)c(=O)n1C. The van der Waals surface area contributed by atoms with Gasteiger partial charge < -0.3 is 30.9 Å². The fraction of sp³-hybridized carbons (Fsp3) is 0.615. The number of ether oxygens (including phenoxy) is 1. The van der Waals surface area contributed by atoms with Crippen molar-refractivity contribution in [1.29, 1.82) is 0 Å². The minimum absolute atomic E-state index is 0.0187. The standard InChI is InChI=1S/C13H19N5O6S/c1-17-10(23)5-9(16-13(17)25-2)18(12(14)15-5)11-8(22)7(21)6(20)4(3-19)24-11/h4,6-8,11,19-22H,3H2,1-2H3,(H2,14,15)/t4-,6+,7+,8+,11-/m0/s1. The molecule has 0 amide bonds. The van der Waals surface area contributed by atoms with Gasteiger partial charge >= 0.3 is 0 Å². The molecule has 1 saturated heterocycles. The number of fused-ring (bicyclic) bond motifs is 1. The smallest absolute Gasteiger partial charge is 0.282 e. The average molecular weight is 373 g/mol. The number of thioether (sulfide) groups is 1. The van der Waals surface area contributed by atoms with Crippen molar-refractivity contribution in [1.82, 2.24) is 19.1 Å². The Hall–Kier alpha value is -1.70. The highest BCUT2D eigenvalue weighted by Gasteiger charge is 2.45. The lowest BCUT2D eigenvalue weighted by Gasteiger charge is -2.40. The van der Waals surface area contributed by atoms with E-state index < -0.39 is 42.8 Å². The fourth-order valence-electron chi connectivity index (χ4n) is 2.83. The summed E-state index contributed by atoms with van der Waals surface area (Å²) in [5.41, 5.74) is 5.52. The summed E-state index contributed by atoms with van der Waals surface area (Å²) < 4.78 is 7.98. The molecule has 6 N–H and O–H groups in total.